The Morgan fingerprint density at radius 1 is 0.700 bits per heavy atom. The standard InChI is InChI=1S/C19H33F/c1-12-4-6-16-11-17(8-7-15(16)10-12)18-9-5-13(2)14(3)19(18)20/h12-19H,4-11H2,1-3H3. The average molecular weight is 280 g/mol. The minimum absolute atomic E-state index is 0.290. The number of hydrogen-bond donors (Lipinski definition) is 0. The molecule has 3 saturated carbocycles. The van der Waals surface area contributed by atoms with Crippen LogP contribution in [-0.2, 0) is 0 Å². The first-order chi connectivity index (χ1) is 9.56. The second-order valence-corrected chi connectivity index (χ2v) is 8.53. The van der Waals surface area contributed by atoms with Crippen LogP contribution in [0.4, 0.5) is 4.39 Å². The molecule has 0 spiro atoms. The van der Waals surface area contributed by atoms with Crippen molar-refractivity contribution in [1.82, 2.24) is 0 Å². The Morgan fingerprint density at radius 2 is 1.35 bits per heavy atom. The number of rotatable bonds is 1. The molecule has 3 aliphatic carbocycles. The fourth-order valence-corrected chi connectivity index (χ4v) is 5.63. The Bertz CT molecular complexity index is 326. The van der Waals surface area contributed by atoms with Gasteiger partial charge in [0.25, 0.3) is 0 Å². The monoisotopic (exact) mass is 280 g/mol. The first kappa shape index (κ1) is 14.9. The van der Waals surface area contributed by atoms with Crippen LogP contribution in [0.2, 0.25) is 0 Å². The van der Waals surface area contributed by atoms with Crippen LogP contribution >= 0.6 is 0 Å². The van der Waals surface area contributed by atoms with E-state index >= 15 is 0 Å². The Hall–Kier alpha value is -0.0700. The van der Waals surface area contributed by atoms with Crippen molar-refractivity contribution in [1.29, 1.82) is 0 Å². The van der Waals surface area contributed by atoms with Crippen molar-refractivity contribution < 1.29 is 4.39 Å². The van der Waals surface area contributed by atoms with Gasteiger partial charge in [0.15, 0.2) is 0 Å². The summed E-state index contributed by atoms with van der Waals surface area (Å²) < 4.78 is 14.8. The SMILES string of the molecule is CC1CCC2CC(C3CCC(C)C(C)C3F)CCC2C1. The van der Waals surface area contributed by atoms with Crippen LogP contribution in [0.15, 0.2) is 0 Å². The van der Waals surface area contributed by atoms with Crippen LogP contribution in [0.5, 0.6) is 0 Å². The van der Waals surface area contributed by atoms with Gasteiger partial charge < -0.3 is 0 Å². The summed E-state index contributed by atoms with van der Waals surface area (Å²) in [5, 5.41) is 0. The third-order valence-corrected chi connectivity index (χ3v) is 7.29. The zero-order chi connectivity index (χ0) is 14.3. The van der Waals surface area contributed by atoms with Crippen molar-refractivity contribution in [2.75, 3.05) is 0 Å². The highest BCUT2D eigenvalue weighted by Crippen LogP contribution is 2.50. The predicted octanol–water partition coefficient (Wildman–Crippen LogP) is 5.86. The largest absolute Gasteiger partial charge is 0.247 e. The highest BCUT2D eigenvalue weighted by atomic mass is 19.1. The van der Waals surface area contributed by atoms with Gasteiger partial charge >= 0.3 is 0 Å². The lowest BCUT2D eigenvalue weighted by atomic mass is 9.60. The van der Waals surface area contributed by atoms with Gasteiger partial charge in [-0.1, -0.05) is 27.2 Å². The van der Waals surface area contributed by atoms with Gasteiger partial charge in [-0.3, -0.25) is 0 Å². The van der Waals surface area contributed by atoms with Crippen molar-refractivity contribution in [3.05, 3.63) is 0 Å². The van der Waals surface area contributed by atoms with Crippen LogP contribution < -0.4 is 0 Å². The molecule has 0 aromatic heterocycles. The van der Waals surface area contributed by atoms with Gasteiger partial charge in [0.1, 0.15) is 6.17 Å². The quantitative estimate of drug-likeness (QED) is 0.564. The lowest BCUT2D eigenvalue weighted by molar-refractivity contribution is -0.00237. The van der Waals surface area contributed by atoms with E-state index in [1.807, 2.05) is 0 Å². The van der Waals surface area contributed by atoms with Gasteiger partial charge in [0, 0.05) is 0 Å². The molecule has 0 amide bonds. The molecule has 0 nitrogen and oxygen atoms in total. The molecule has 0 N–H and O–H groups in total. The van der Waals surface area contributed by atoms with E-state index in [1.54, 1.807) is 0 Å². The van der Waals surface area contributed by atoms with Crippen molar-refractivity contribution in [3.63, 3.8) is 0 Å². The summed E-state index contributed by atoms with van der Waals surface area (Å²) in [6.07, 6.45) is 10.3. The molecular weight excluding hydrogens is 247 g/mol. The summed E-state index contributed by atoms with van der Waals surface area (Å²) in [6, 6.07) is 0. The van der Waals surface area contributed by atoms with Crippen molar-refractivity contribution in [2.45, 2.75) is 78.3 Å². The molecule has 3 rings (SSSR count). The van der Waals surface area contributed by atoms with E-state index in [1.165, 1.54) is 44.9 Å². The maximum Gasteiger partial charge on any atom is 0.106 e. The molecule has 0 aromatic carbocycles. The topological polar surface area (TPSA) is 0 Å². The van der Waals surface area contributed by atoms with Gasteiger partial charge in [-0.25, -0.2) is 4.39 Å². The second-order valence-electron chi connectivity index (χ2n) is 8.53. The molecule has 1 heteroatoms. The van der Waals surface area contributed by atoms with E-state index in [2.05, 4.69) is 20.8 Å². The number of alkyl halides is 1. The molecular formula is C19H33F. The Labute approximate surface area is 124 Å². The lowest BCUT2D eigenvalue weighted by Crippen LogP contribution is -2.41. The summed E-state index contributed by atoms with van der Waals surface area (Å²) in [5.41, 5.74) is 0. The first-order valence-electron chi connectivity index (χ1n) is 9.20. The Balaban J connectivity index is 1.61. The molecule has 0 aliphatic heterocycles. The van der Waals surface area contributed by atoms with Crippen LogP contribution in [0, 0.1) is 41.4 Å². The van der Waals surface area contributed by atoms with E-state index in [0.717, 1.165) is 24.2 Å². The van der Waals surface area contributed by atoms with Crippen LogP contribution in [0.3, 0.4) is 0 Å². The van der Waals surface area contributed by atoms with Crippen LogP contribution in [-0.4, -0.2) is 6.17 Å². The van der Waals surface area contributed by atoms with Gasteiger partial charge in [-0.2, -0.15) is 0 Å². The van der Waals surface area contributed by atoms with E-state index < -0.39 is 6.17 Å². The molecule has 0 saturated heterocycles. The molecule has 3 fully saturated rings. The number of fused-ring (bicyclic) bond motifs is 1. The van der Waals surface area contributed by atoms with E-state index in [4.69, 9.17) is 0 Å². The van der Waals surface area contributed by atoms with Crippen molar-refractivity contribution in [3.8, 4) is 0 Å². The molecule has 0 heterocycles. The van der Waals surface area contributed by atoms with Gasteiger partial charge in [-0.15, -0.1) is 0 Å². The van der Waals surface area contributed by atoms with Gasteiger partial charge in [0.2, 0.25) is 0 Å². The molecule has 0 aromatic rings. The van der Waals surface area contributed by atoms with E-state index in [9.17, 15) is 4.39 Å². The second kappa shape index (κ2) is 5.97. The molecule has 3 aliphatic rings. The minimum Gasteiger partial charge on any atom is -0.247 e. The van der Waals surface area contributed by atoms with Crippen LogP contribution in [0.1, 0.15) is 72.1 Å². The predicted molar refractivity (Wildman–Crippen MR) is 83.3 cm³/mol. The summed E-state index contributed by atoms with van der Waals surface area (Å²) in [5.74, 6) is 4.83. The maximum atomic E-state index is 14.8. The van der Waals surface area contributed by atoms with Gasteiger partial charge in [0.05, 0.1) is 0 Å². The van der Waals surface area contributed by atoms with E-state index in [-0.39, 0.29) is 5.92 Å². The van der Waals surface area contributed by atoms with Gasteiger partial charge in [-0.05, 0) is 86.4 Å². The molecule has 8 unspecified atom stereocenters. The zero-order valence-electron chi connectivity index (χ0n) is 13.7. The fraction of sp³-hybridized carbons (Fsp3) is 1.00. The third-order valence-electron chi connectivity index (χ3n) is 7.29. The number of hydrogen-bond acceptors (Lipinski definition) is 0. The lowest BCUT2D eigenvalue weighted by Gasteiger charge is -2.46. The summed E-state index contributed by atoms with van der Waals surface area (Å²) in [7, 11) is 0. The minimum atomic E-state index is -0.525. The first-order valence-corrected chi connectivity index (χ1v) is 9.20. The maximum absolute atomic E-state index is 14.8. The Kier molecular flexibility index (Phi) is 4.43. The fourth-order valence-electron chi connectivity index (χ4n) is 5.63. The molecule has 0 radical (unpaired) electrons. The zero-order valence-corrected chi connectivity index (χ0v) is 13.7. The summed E-state index contributed by atoms with van der Waals surface area (Å²) in [4.78, 5) is 0. The smallest absolute Gasteiger partial charge is 0.106 e. The molecule has 20 heavy (non-hydrogen) atoms. The summed E-state index contributed by atoms with van der Waals surface area (Å²) in [6.45, 7) is 6.81. The van der Waals surface area contributed by atoms with E-state index in [0.29, 0.717) is 17.8 Å². The highest BCUT2D eigenvalue weighted by molar-refractivity contribution is 4.92. The van der Waals surface area contributed by atoms with Crippen molar-refractivity contribution in [2.24, 2.45) is 41.4 Å². The molecule has 8 atom stereocenters. The average Bonchev–Trinajstić information content (AvgIpc) is 2.44. The third kappa shape index (κ3) is 2.79. The highest BCUT2D eigenvalue weighted by Gasteiger charge is 2.43. The molecule has 116 valence electrons. The number of halogens is 1. The van der Waals surface area contributed by atoms with Crippen LogP contribution in [0.25, 0.3) is 0 Å². The Morgan fingerprint density at radius 3 is 2.15 bits per heavy atom. The normalized spacial score (nSPS) is 53.4. The summed E-state index contributed by atoms with van der Waals surface area (Å²) >= 11 is 0. The molecule has 0 bridgehead atoms. The van der Waals surface area contributed by atoms with Crippen molar-refractivity contribution >= 4 is 0 Å².